The lowest BCUT2D eigenvalue weighted by Crippen LogP contribution is -1.97. The Bertz CT molecular complexity index is 429. The maximum atomic E-state index is 10.5. The van der Waals surface area contributed by atoms with Crippen molar-refractivity contribution in [1.29, 1.82) is 5.26 Å². The SMILES string of the molecule is N#CC(=Cc1ccccc1O)C(=O)O. The van der Waals surface area contributed by atoms with E-state index in [1.54, 1.807) is 12.1 Å². The smallest absolute Gasteiger partial charge is 0.346 e. The number of hydrogen-bond donors (Lipinski definition) is 2. The lowest BCUT2D eigenvalue weighted by molar-refractivity contribution is -0.132. The molecule has 0 aliphatic rings. The van der Waals surface area contributed by atoms with Crippen LogP contribution in [0.1, 0.15) is 5.56 Å². The van der Waals surface area contributed by atoms with Gasteiger partial charge < -0.3 is 10.2 Å². The second-order valence-corrected chi connectivity index (χ2v) is 2.53. The Morgan fingerprint density at radius 2 is 2.07 bits per heavy atom. The highest BCUT2D eigenvalue weighted by molar-refractivity contribution is 5.96. The first-order chi connectivity index (χ1) is 6.65. The van der Waals surface area contributed by atoms with Gasteiger partial charge in [-0.15, -0.1) is 0 Å². The molecule has 2 N–H and O–H groups in total. The minimum Gasteiger partial charge on any atom is -0.507 e. The fraction of sp³-hybridized carbons (Fsp3) is 0. The Balaban J connectivity index is 3.15. The van der Waals surface area contributed by atoms with Gasteiger partial charge in [0.15, 0.2) is 0 Å². The Kier molecular flexibility index (Phi) is 2.87. The van der Waals surface area contributed by atoms with Gasteiger partial charge in [0.2, 0.25) is 0 Å². The third kappa shape index (κ3) is 2.11. The maximum absolute atomic E-state index is 10.5. The van der Waals surface area contributed by atoms with Crippen LogP contribution >= 0.6 is 0 Å². The molecule has 0 saturated carbocycles. The minimum absolute atomic E-state index is 0.0542. The summed E-state index contributed by atoms with van der Waals surface area (Å²) in [5.41, 5.74) is -0.0991. The van der Waals surface area contributed by atoms with Crippen molar-refractivity contribution in [3.8, 4) is 11.8 Å². The highest BCUT2D eigenvalue weighted by Crippen LogP contribution is 2.18. The number of aliphatic carboxylic acids is 1. The van der Waals surface area contributed by atoms with Crippen molar-refractivity contribution >= 4 is 12.0 Å². The van der Waals surface area contributed by atoms with E-state index in [0.717, 1.165) is 6.08 Å². The van der Waals surface area contributed by atoms with E-state index >= 15 is 0 Å². The summed E-state index contributed by atoms with van der Waals surface area (Å²) in [6.45, 7) is 0. The van der Waals surface area contributed by atoms with Crippen LogP contribution in [-0.4, -0.2) is 16.2 Å². The normalized spacial score (nSPS) is 10.6. The second-order valence-electron chi connectivity index (χ2n) is 2.53. The van der Waals surface area contributed by atoms with Crippen molar-refractivity contribution in [2.24, 2.45) is 0 Å². The molecule has 14 heavy (non-hydrogen) atoms. The number of hydrogen-bond acceptors (Lipinski definition) is 3. The standard InChI is InChI=1S/C10H7NO3/c11-6-8(10(13)14)5-7-3-1-2-4-9(7)12/h1-5,12H,(H,13,14). The number of phenolic OH excluding ortho intramolecular Hbond substituents is 1. The Hall–Kier alpha value is -2.28. The number of nitriles is 1. The molecule has 0 aromatic heterocycles. The third-order valence-electron chi connectivity index (χ3n) is 1.59. The molecule has 0 aliphatic carbocycles. The summed E-state index contributed by atoms with van der Waals surface area (Å²) < 4.78 is 0. The quantitative estimate of drug-likeness (QED) is 0.544. The highest BCUT2D eigenvalue weighted by atomic mass is 16.4. The van der Waals surface area contributed by atoms with Crippen LogP contribution in [0, 0.1) is 11.3 Å². The molecular weight excluding hydrogens is 182 g/mol. The first-order valence-electron chi connectivity index (χ1n) is 3.78. The van der Waals surface area contributed by atoms with Crippen molar-refractivity contribution in [3.05, 3.63) is 35.4 Å². The van der Waals surface area contributed by atoms with E-state index in [-0.39, 0.29) is 5.75 Å². The summed E-state index contributed by atoms with van der Waals surface area (Å²) in [5, 5.41) is 26.3. The average Bonchev–Trinajstić information content (AvgIpc) is 2.16. The summed E-state index contributed by atoms with van der Waals surface area (Å²) in [5.74, 6) is -1.36. The second kappa shape index (κ2) is 4.10. The van der Waals surface area contributed by atoms with Crippen molar-refractivity contribution in [3.63, 3.8) is 0 Å². The van der Waals surface area contributed by atoms with Gasteiger partial charge in [0.05, 0.1) is 0 Å². The number of carboxylic acid groups (broad SMARTS) is 1. The molecule has 0 radical (unpaired) electrons. The van der Waals surface area contributed by atoms with Gasteiger partial charge in [-0.3, -0.25) is 0 Å². The molecule has 0 amide bonds. The predicted octanol–water partition coefficient (Wildman–Crippen LogP) is 1.38. The summed E-state index contributed by atoms with van der Waals surface area (Å²) in [4.78, 5) is 10.5. The van der Waals surface area contributed by atoms with Crippen LogP contribution < -0.4 is 0 Å². The lowest BCUT2D eigenvalue weighted by Gasteiger charge is -1.97. The zero-order chi connectivity index (χ0) is 10.6. The van der Waals surface area contributed by atoms with E-state index in [4.69, 9.17) is 10.4 Å². The molecule has 1 rings (SSSR count). The van der Waals surface area contributed by atoms with Gasteiger partial charge in [-0.2, -0.15) is 5.26 Å². The Morgan fingerprint density at radius 1 is 1.43 bits per heavy atom. The molecule has 70 valence electrons. The van der Waals surface area contributed by atoms with Gasteiger partial charge >= 0.3 is 5.97 Å². The van der Waals surface area contributed by atoms with Crippen LogP contribution in [0.15, 0.2) is 29.8 Å². The molecule has 0 spiro atoms. The molecular formula is C10H7NO3. The van der Waals surface area contributed by atoms with E-state index in [1.807, 2.05) is 0 Å². The highest BCUT2D eigenvalue weighted by Gasteiger charge is 2.06. The van der Waals surface area contributed by atoms with E-state index in [1.165, 1.54) is 18.2 Å². The fourth-order valence-corrected chi connectivity index (χ4v) is 0.907. The molecule has 4 heteroatoms. The molecule has 0 unspecified atom stereocenters. The number of nitrogens with zero attached hydrogens (tertiary/aromatic N) is 1. The first kappa shape index (κ1) is 9.81. The molecule has 1 aromatic rings. The summed E-state index contributed by atoms with van der Waals surface area (Å²) in [7, 11) is 0. The number of phenols is 1. The van der Waals surface area contributed by atoms with Crippen molar-refractivity contribution in [2.45, 2.75) is 0 Å². The minimum atomic E-state index is -1.31. The van der Waals surface area contributed by atoms with Crippen LogP contribution in [0.5, 0.6) is 5.75 Å². The first-order valence-corrected chi connectivity index (χ1v) is 3.78. The number of carboxylic acids is 1. The van der Waals surface area contributed by atoms with Gasteiger partial charge in [0, 0.05) is 5.56 Å². The van der Waals surface area contributed by atoms with Crippen LogP contribution in [-0.2, 0) is 4.79 Å². The van der Waals surface area contributed by atoms with Crippen molar-refractivity contribution in [1.82, 2.24) is 0 Å². The van der Waals surface area contributed by atoms with E-state index in [2.05, 4.69) is 0 Å². The average molecular weight is 189 g/mol. The van der Waals surface area contributed by atoms with Gasteiger partial charge in [-0.05, 0) is 12.1 Å². The molecule has 0 aliphatic heterocycles. The molecule has 0 fully saturated rings. The van der Waals surface area contributed by atoms with Gasteiger partial charge in [0.1, 0.15) is 17.4 Å². The van der Waals surface area contributed by atoms with Crippen molar-refractivity contribution in [2.75, 3.05) is 0 Å². The fourth-order valence-electron chi connectivity index (χ4n) is 0.907. The van der Waals surface area contributed by atoms with Crippen LogP contribution in [0.3, 0.4) is 0 Å². The van der Waals surface area contributed by atoms with E-state index < -0.39 is 11.5 Å². The van der Waals surface area contributed by atoms with E-state index in [0.29, 0.717) is 5.56 Å². The van der Waals surface area contributed by atoms with Crippen LogP contribution in [0.2, 0.25) is 0 Å². The largest absolute Gasteiger partial charge is 0.507 e. The topological polar surface area (TPSA) is 81.3 Å². The molecule has 0 saturated heterocycles. The van der Waals surface area contributed by atoms with Crippen LogP contribution in [0.25, 0.3) is 6.08 Å². The number of rotatable bonds is 2. The lowest BCUT2D eigenvalue weighted by atomic mass is 10.1. The van der Waals surface area contributed by atoms with Crippen molar-refractivity contribution < 1.29 is 15.0 Å². The zero-order valence-corrected chi connectivity index (χ0v) is 7.14. The monoisotopic (exact) mass is 189 g/mol. The Labute approximate surface area is 80.3 Å². The van der Waals surface area contributed by atoms with Gasteiger partial charge in [0.25, 0.3) is 0 Å². The zero-order valence-electron chi connectivity index (χ0n) is 7.14. The number of para-hydroxylation sites is 1. The number of carbonyl (C=O) groups is 1. The van der Waals surface area contributed by atoms with E-state index in [9.17, 15) is 9.90 Å². The molecule has 0 heterocycles. The van der Waals surface area contributed by atoms with Crippen LogP contribution in [0.4, 0.5) is 0 Å². The number of aromatic hydroxyl groups is 1. The summed E-state index contributed by atoms with van der Waals surface area (Å²) in [6.07, 6.45) is 1.12. The molecule has 0 atom stereocenters. The van der Waals surface area contributed by atoms with Gasteiger partial charge in [-0.1, -0.05) is 18.2 Å². The summed E-state index contributed by atoms with van der Waals surface area (Å²) >= 11 is 0. The third-order valence-corrected chi connectivity index (χ3v) is 1.59. The molecule has 0 bridgehead atoms. The van der Waals surface area contributed by atoms with Gasteiger partial charge in [-0.25, -0.2) is 4.79 Å². The Morgan fingerprint density at radius 3 is 2.57 bits per heavy atom. The number of benzene rings is 1. The predicted molar refractivity (Wildman–Crippen MR) is 49.3 cm³/mol. The molecule has 4 nitrogen and oxygen atoms in total. The summed E-state index contributed by atoms with van der Waals surface area (Å²) in [6, 6.07) is 7.72. The maximum Gasteiger partial charge on any atom is 0.346 e. The molecule has 1 aromatic carbocycles.